The molecule has 1 heterocycles. The first kappa shape index (κ1) is 13.5. The molecule has 1 aromatic heterocycles. The van der Waals surface area contributed by atoms with Crippen molar-refractivity contribution in [3.63, 3.8) is 0 Å². The molecule has 2 rings (SSSR count). The molecule has 0 spiro atoms. The van der Waals surface area contributed by atoms with Crippen molar-refractivity contribution < 1.29 is 9.18 Å². The van der Waals surface area contributed by atoms with Crippen molar-refractivity contribution in [3.05, 3.63) is 51.5 Å². The summed E-state index contributed by atoms with van der Waals surface area (Å²) in [5.74, 6) is -0.691. The van der Waals surface area contributed by atoms with Gasteiger partial charge in [0.2, 0.25) is 0 Å². The monoisotopic (exact) mass is 278 g/mol. The van der Waals surface area contributed by atoms with Gasteiger partial charge in [-0.1, -0.05) is 0 Å². The lowest BCUT2D eigenvalue weighted by Gasteiger charge is -2.17. The predicted octanol–water partition coefficient (Wildman–Crippen LogP) is 3.05. The third kappa shape index (κ3) is 2.93. The summed E-state index contributed by atoms with van der Waals surface area (Å²) in [4.78, 5) is 13.7. The number of benzene rings is 1. The zero-order valence-corrected chi connectivity index (χ0v) is 11.6. The topological polar surface area (TPSA) is 46.3 Å². The molecule has 0 saturated heterocycles. The fourth-order valence-corrected chi connectivity index (χ4v) is 2.43. The number of anilines is 1. The zero-order valence-electron chi connectivity index (χ0n) is 10.8. The summed E-state index contributed by atoms with van der Waals surface area (Å²) in [7, 11) is 1.69. The molecule has 0 fully saturated rings. The number of hydrogen-bond acceptors (Lipinski definition) is 3. The third-order valence-corrected chi connectivity index (χ3v) is 3.71. The van der Waals surface area contributed by atoms with E-state index in [0.29, 0.717) is 17.8 Å². The van der Waals surface area contributed by atoms with Crippen molar-refractivity contribution in [1.82, 2.24) is 4.90 Å². The quantitative estimate of drug-likeness (QED) is 0.877. The van der Waals surface area contributed by atoms with Crippen molar-refractivity contribution >= 4 is 22.9 Å². The van der Waals surface area contributed by atoms with Crippen LogP contribution in [0.5, 0.6) is 0 Å². The Morgan fingerprint density at radius 3 is 2.79 bits per heavy atom. The molecule has 0 aliphatic carbocycles. The number of rotatable bonds is 3. The summed E-state index contributed by atoms with van der Waals surface area (Å²) < 4.78 is 13.6. The maximum absolute atomic E-state index is 13.6. The van der Waals surface area contributed by atoms with Crippen LogP contribution in [0, 0.1) is 12.7 Å². The molecule has 1 amide bonds. The number of carbonyl (C=O) groups is 1. The summed E-state index contributed by atoms with van der Waals surface area (Å²) in [6, 6.07) is 4.71. The normalized spacial score (nSPS) is 10.5. The van der Waals surface area contributed by atoms with E-state index in [2.05, 4.69) is 0 Å². The van der Waals surface area contributed by atoms with Crippen molar-refractivity contribution in [1.29, 1.82) is 0 Å². The highest BCUT2D eigenvalue weighted by Gasteiger charge is 2.15. The van der Waals surface area contributed by atoms with Gasteiger partial charge in [0.25, 0.3) is 5.91 Å². The Balaban J connectivity index is 2.19. The fourth-order valence-electron chi connectivity index (χ4n) is 1.77. The molecule has 2 aromatic rings. The minimum absolute atomic E-state index is 0.239. The Morgan fingerprint density at radius 1 is 1.47 bits per heavy atom. The second-order valence-electron chi connectivity index (χ2n) is 4.47. The van der Waals surface area contributed by atoms with Crippen LogP contribution in [-0.2, 0) is 6.54 Å². The molecule has 0 aliphatic rings. The second-order valence-corrected chi connectivity index (χ2v) is 5.25. The lowest BCUT2D eigenvalue weighted by atomic mass is 10.1. The molecule has 19 heavy (non-hydrogen) atoms. The number of nitrogen functional groups attached to an aromatic ring is 1. The summed E-state index contributed by atoms with van der Waals surface area (Å²) in [6.07, 6.45) is 0. The summed E-state index contributed by atoms with van der Waals surface area (Å²) >= 11 is 1.58. The molecular formula is C14H15FN2OS. The number of nitrogens with zero attached hydrogens (tertiary/aromatic N) is 1. The van der Waals surface area contributed by atoms with Crippen molar-refractivity contribution in [2.75, 3.05) is 12.8 Å². The number of carbonyl (C=O) groups excluding carboxylic acids is 1. The average Bonchev–Trinajstić information content (AvgIpc) is 2.87. The number of amides is 1. The van der Waals surface area contributed by atoms with E-state index in [1.54, 1.807) is 30.2 Å². The first-order chi connectivity index (χ1) is 8.99. The molecule has 0 unspecified atom stereocenters. The standard InChI is InChI=1S/C14H15FN2OS/c1-9-12(15)5-11(6-13(9)16)14(18)17(2)7-10-3-4-19-8-10/h3-6,8H,7,16H2,1-2H3. The van der Waals surface area contributed by atoms with Crippen LogP contribution in [0.1, 0.15) is 21.5 Å². The molecule has 1 aromatic carbocycles. The molecule has 0 bridgehead atoms. The second kappa shape index (κ2) is 5.40. The smallest absolute Gasteiger partial charge is 0.254 e. The van der Waals surface area contributed by atoms with Gasteiger partial charge in [0.1, 0.15) is 5.82 Å². The van der Waals surface area contributed by atoms with E-state index in [1.165, 1.54) is 12.1 Å². The SMILES string of the molecule is Cc1c(N)cc(C(=O)N(C)Cc2ccsc2)cc1F. The van der Waals surface area contributed by atoms with Gasteiger partial charge in [-0.3, -0.25) is 4.79 Å². The molecule has 100 valence electrons. The Bertz CT molecular complexity index is 572. The highest BCUT2D eigenvalue weighted by molar-refractivity contribution is 7.07. The largest absolute Gasteiger partial charge is 0.398 e. The van der Waals surface area contributed by atoms with E-state index in [-0.39, 0.29) is 11.5 Å². The fraction of sp³-hybridized carbons (Fsp3) is 0.214. The third-order valence-electron chi connectivity index (χ3n) is 2.98. The van der Waals surface area contributed by atoms with Crippen LogP contribution in [0.4, 0.5) is 10.1 Å². The number of nitrogens with two attached hydrogens (primary N) is 1. The number of hydrogen-bond donors (Lipinski definition) is 1. The first-order valence-corrected chi connectivity index (χ1v) is 6.75. The number of halogens is 1. The van der Waals surface area contributed by atoms with Crippen LogP contribution in [0.25, 0.3) is 0 Å². The molecule has 0 saturated carbocycles. The molecule has 0 aliphatic heterocycles. The van der Waals surface area contributed by atoms with Gasteiger partial charge in [-0.15, -0.1) is 0 Å². The van der Waals surface area contributed by atoms with Crippen LogP contribution in [0.15, 0.2) is 29.0 Å². The molecule has 3 nitrogen and oxygen atoms in total. The van der Waals surface area contributed by atoms with Crippen LogP contribution in [-0.4, -0.2) is 17.9 Å². The minimum Gasteiger partial charge on any atom is -0.398 e. The Hall–Kier alpha value is -1.88. The molecule has 5 heteroatoms. The van der Waals surface area contributed by atoms with Crippen LogP contribution < -0.4 is 5.73 Å². The zero-order chi connectivity index (χ0) is 14.0. The Kier molecular flexibility index (Phi) is 3.85. The lowest BCUT2D eigenvalue weighted by molar-refractivity contribution is 0.0785. The van der Waals surface area contributed by atoms with Gasteiger partial charge < -0.3 is 10.6 Å². The summed E-state index contributed by atoms with van der Waals surface area (Å²) in [6.45, 7) is 2.09. The Morgan fingerprint density at radius 2 is 2.21 bits per heavy atom. The van der Waals surface area contributed by atoms with E-state index < -0.39 is 5.82 Å². The predicted molar refractivity (Wildman–Crippen MR) is 75.7 cm³/mol. The van der Waals surface area contributed by atoms with Crippen LogP contribution in [0.3, 0.4) is 0 Å². The van der Waals surface area contributed by atoms with Gasteiger partial charge >= 0.3 is 0 Å². The first-order valence-electron chi connectivity index (χ1n) is 5.81. The van der Waals surface area contributed by atoms with Crippen molar-refractivity contribution in [2.24, 2.45) is 0 Å². The van der Waals surface area contributed by atoms with Gasteiger partial charge in [0.05, 0.1) is 0 Å². The average molecular weight is 278 g/mol. The van der Waals surface area contributed by atoms with E-state index >= 15 is 0 Å². The van der Waals surface area contributed by atoms with E-state index in [4.69, 9.17) is 5.73 Å². The molecular weight excluding hydrogens is 263 g/mol. The highest BCUT2D eigenvalue weighted by atomic mass is 32.1. The maximum Gasteiger partial charge on any atom is 0.254 e. The van der Waals surface area contributed by atoms with Gasteiger partial charge in [0.15, 0.2) is 0 Å². The number of thiophene rings is 1. The van der Waals surface area contributed by atoms with E-state index in [0.717, 1.165) is 5.56 Å². The Labute approximate surface area is 115 Å². The molecule has 0 atom stereocenters. The van der Waals surface area contributed by atoms with E-state index in [9.17, 15) is 9.18 Å². The maximum atomic E-state index is 13.6. The van der Waals surface area contributed by atoms with E-state index in [1.807, 2.05) is 16.8 Å². The van der Waals surface area contributed by atoms with Crippen molar-refractivity contribution in [3.8, 4) is 0 Å². The van der Waals surface area contributed by atoms with Crippen molar-refractivity contribution in [2.45, 2.75) is 13.5 Å². The molecule has 0 radical (unpaired) electrons. The highest BCUT2D eigenvalue weighted by Crippen LogP contribution is 2.19. The van der Waals surface area contributed by atoms with Crippen LogP contribution in [0.2, 0.25) is 0 Å². The van der Waals surface area contributed by atoms with Gasteiger partial charge in [-0.05, 0) is 41.4 Å². The summed E-state index contributed by atoms with van der Waals surface area (Å²) in [5, 5.41) is 3.94. The summed E-state index contributed by atoms with van der Waals surface area (Å²) in [5.41, 5.74) is 7.69. The van der Waals surface area contributed by atoms with Gasteiger partial charge in [0, 0.05) is 30.4 Å². The lowest BCUT2D eigenvalue weighted by Crippen LogP contribution is -2.26. The minimum atomic E-state index is -0.452. The molecule has 2 N–H and O–H groups in total. The van der Waals surface area contributed by atoms with Gasteiger partial charge in [-0.2, -0.15) is 11.3 Å². The van der Waals surface area contributed by atoms with Gasteiger partial charge in [-0.25, -0.2) is 4.39 Å². The van der Waals surface area contributed by atoms with Crippen LogP contribution >= 0.6 is 11.3 Å².